The first kappa shape index (κ1) is 17.3. The van der Waals surface area contributed by atoms with Gasteiger partial charge in [0.25, 0.3) is 0 Å². The number of fused-ring (bicyclic) bond motifs is 1. The lowest BCUT2D eigenvalue weighted by Gasteiger charge is -2.41. The van der Waals surface area contributed by atoms with E-state index in [9.17, 15) is 0 Å². The summed E-state index contributed by atoms with van der Waals surface area (Å²) >= 11 is 0. The standard InChI is InChI=1S/C24H22O4/c1-16-22(17-8-4-2-5-9-17)27-24(18-10-6-3-7-11-18)28-23(16)19-12-13-20-21(14-19)26-15-25-20/h2-14,16,22-24H,15H2,1H3/t16-,22+,23-,24-/m1/s1. The molecule has 0 spiro atoms. The van der Waals surface area contributed by atoms with Crippen molar-refractivity contribution in [2.45, 2.75) is 25.4 Å². The molecule has 0 aromatic heterocycles. The molecule has 0 unspecified atom stereocenters. The van der Waals surface area contributed by atoms with Crippen LogP contribution in [0.25, 0.3) is 0 Å². The van der Waals surface area contributed by atoms with Gasteiger partial charge < -0.3 is 18.9 Å². The van der Waals surface area contributed by atoms with Crippen molar-refractivity contribution in [3.8, 4) is 11.5 Å². The Kier molecular flexibility index (Phi) is 4.51. The third kappa shape index (κ3) is 3.15. The maximum Gasteiger partial charge on any atom is 0.231 e. The summed E-state index contributed by atoms with van der Waals surface area (Å²) in [6.45, 7) is 2.44. The Bertz CT molecular complexity index is 941. The highest BCUT2D eigenvalue weighted by atomic mass is 16.7. The molecule has 2 heterocycles. The Morgan fingerprint density at radius 2 is 1.25 bits per heavy atom. The Morgan fingerprint density at radius 1 is 0.643 bits per heavy atom. The first-order valence-electron chi connectivity index (χ1n) is 9.60. The molecule has 0 bridgehead atoms. The second kappa shape index (κ2) is 7.30. The van der Waals surface area contributed by atoms with E-state index >= 15 is 0 Å². The van der Waals surface area contributed by atoms with Crippen LogP contribution in [0.4, 0.5) is 0 Å². The van der Waals surface area contributed by atoms with Crippen LogP contribution in [0, 0.1) is 5.92 Å². The zero-order valence-electron chi connectivity index (χ0n) is 15.7. The fourth-order valence-electron chi connectivity index (χ4n) is 3.97. The van der Waals surface area contributed by atoms with E-state index < -0.39 is 6.29 Å². The minimum absolute atomic E-state index is 0.0735. The number of benzene rings is 3. The van der Waals surface area contributed by atoms with Gasteiger partial charge in [0.15, 0.2) is 17.8 Å². The van der Waals surface area contributed by atoms with Crippen molar-refractivity contribution in [3.63, 3.8) is 0 Å². The summed E-state index contributed by atoms with van der Waals surface area (Å²) in [5.41, 5.74) is 3.24. The number of rotatable bonds is 3. The molecule has 0 N–H and O–H groups in total. The molecular weight excluding hydrogens is 352 g/mol. The van der Waals surface area contributed by atoms with Crippen LogP contribution in [0.3, 0.4) is 0 Å². The maximum absolute atomic E-state index is 6.46. The van der Waals surface area contributed by atoms with Crippen molar-refractivity contribution in [1.29, 1.82) is 0 Å². The fourth-order valence-corrected chi connectivity index (χ4v) is 3.97. The normalized spacial score (nSPS) is 26.2. The first-order valence-corrected chi connectivity index (χ1v) is 9.60. The van der Waals surface area contributed by atoms with Crippen LogP contribution >= 0.6 is 0 Å². The molecule has 142 valence electrons. The molecule has 2 aliphatic rings. The summed E-state index contributed by atoms with van der Waals surface area (Å²) < 4.78 is 23.9. The van der Waals surface area contributed by atoms with Gasteiger partial charge in [-0.15, -0.1) is 0 Å². The molecule has 28 heavy (non-hydrogen) atoms. The largest absolute Gasteiger partial charge is 0.454 e. The van der Waals surface area contributed by atoms with Crippen LogP contribution in [0.2, 0.25) is 0 Å². The van der Waals surface area contributed by atoms with Gasteiger partial charge in [-0.25, -0.2) is 0 Å². The van der Waals surface area contributed by atoms with Gasteiger partial charge in [0, 0.05) is 11.5 Å². The van der Waals surface area contributed by atoms with Crippen molar-refractivity contribution in [2.24, 2.45) is 5.92 Å². The maximum atomic E-state index is 6.46. The molecule has 2 aliphatic heterocycles. The van der Waals surface area contributed by atoms with E-state index in [4.69, 9.17) is 18.9 Å². The molecule has 4 nitrogen and oxygen atoms in total. The van der Waals surface area contributed by atoms with Crippen LogP contribution in [0.1, 0.15) is 42.1 Å². The van der Waals surface area contributed by atoms with Gasteiger partial charge in [0.1, 0.15) is 0 Å². The zero-order valence-corrected chi connectivity index (χ0v) is 15.7. The summed E-state index contributed by atoms with van der Waals surface area (Å²) in [4.78, 5) is 0. The molecule has 4 atom stereocenters. The van der Waals surface area contributed by atoms with E-state index in [0.717, 1.165) is 28.2 Å². The van der Waals surface area contributed by atoms with Gasteiger partial charge in [-0.1, -0.05) is 73.7 Å². The van der Waals surface area contributed by atoms with Gasteiger partial charge in [0.05, 0.1) is 12.2 Å². The fraction of sp³-hybridized carbons (Fsp3) is 0.250. The van der Waals surface area contributed by atoms with E-state index in [2.05, 4.69) is 25.1 Å². The lowest BCUT2D eigenvalue weighted by molar-refractivity contribution is -0.277. The minimum Gasteiger partial charge on any atom is -0.454 e. The number of ether oxygens (including phenoxy) is 4. The van der Waals surface area contributed by atoms with Crippen LogP contribution in [-0.2, 0) is 9.47 Å². The minimum atomic E-state index is -0.432. The third-order valence-corrected chi connectivity index (χ3v) is 5.42. The highest BCUT2D eigenvalue weighted by Gasteiger charge is 2.39. The van der Waals surface area contributed by atoms with Gasteiger partial charge in [-0.2, -0.15) is 0 Å². The lowest BCUT2D eigenvalue weighted by Crippen LogP contribution is -2.32. The number of hydrogen-bond donors (Lipinski definition) is 0. The quantitative estimate of drug-likeness (QED) is 0.600. The monoisotopic (exact) mass is 374 g/mol. The summed E-state index contributed by atoms with van der Waals surface area (Å²) in [7, 11) is 0. The van der Waals surface area contributed by atoms with E-state index in [1.807, 2.05) is 60.7 Å². The summed E-state index contributed by atoms with van der Waals surface area (Å²) in [6, 6.07) is 26.5. The van der Waals surface area contributed by atoms with Crippen molar-refractivity contribution in [3.05, 3.63) is 95.6 Å². The van der Waals surface area contributed by atoms with Gasteiger partial charge in [0.2, 0.25) is 6.79 Å². The van der Waals surface area contributed by atoms with Crippen LogP contribution < -0.4 is 9.47 Å². The van der Waals surface area contributed by atoms with E-state index in [1.165, 1.54) is 0 Å². The Morgan fingerprint density at radius 3 is 1.96 bits per heavy atom. The van der Waals surface area contributed by atoms with Crippen molar-refractivity contribution < 1.29 is 18.9 Å². The Balaban J connectivity index is 1.53. The molecule has 3 aromatic rings. The molecule has 0 radical (unpaired) electrons. The molecule has 3 aromatic carbocycles. The van der Waals surface area contributed by atoms with Crippen LogP contribution in [-0.4, -0.2) is 6.79 Å². The van der Waals surface area contributed by atoms with E-state index in [1.54, 1.807) is 0 Å². The second-order valence-electron chi connectivity index (χ2n) is 7.24. The molecule has 0 amide bonds. The summed E-state index contributed by atoms with van der Waals surface area (Å²) in [5.74, 6) is 1.68. The second-order valence-corrected chi connectivity index (χ2v) is 7.24. The predicted molar refractivity (Wildman–Crippen MR) is 105 cm³/mol. The third-order valence-electron chi connectivity index (χ3n) is 5.42. The van der Waals surface area contributed by atoms with E-state index in [0.29, 0.717) is 0 Å². The molecule has 1 fully saturated rings. The smallest absolute Gasteiger partial charge is 0.231 e. The van der Waals surface area contributed by atoms with Crippen LogP contribution in [0.5, 0.6) is 11.5 Å². The highest BCUT2D eigenvalue weighted by Crippen LogP contribution is 2.48. The SMILES string of the molecule is C[C@@H]1[C@@H](c2ccccc2)O[C@@H](c2ccccc2)O[C@H]1c1ccc2c(c1)OCO2. The molecule has 1 saturated heterocycles. The number of hydrogen-bond acceptors (Lipinski definition) is 4. The molecule has 0 aliphatic carbocycles. The van der Waals surface area contributed by atoms with E-state index in [-0.39, 0.29) is 24.9 Å². The zero-order chi connectivity index (χ0) is 18.9. The van der Waals surface area contributed by atoms with Gasteiger partial charge in [-0.3, -0.25) is 0 Å². The average molecular weight is 374 g/mol. The van der Waals surface area contributed by atoms with Crippen LogP contribution in [0.15, 0.2) is 78.9 Å². The summed E-state index contributed by atoms with van der Waals surface area (Å²) in [5, 5.41) is 0. The molecule has 0 saturated carbocycles. The topological polar surface area (TPSA) is 36.9 Å². The predicted octanol–water partition coefficient (Wildman–Crippen LogP) is 5.58. The van der Waals surface area contributed by atoms with Crippen molar-refractivity contribution in [1.82, 2.24) is 0 Å². The van der Waals surface area contributed by atoms with Gasteiger partial charge in [-0.05, 0) is 23.3 Å². The molecule has 4 heteroatoms. The van der Waals surface area contributed by atoms with Crippen molar-refractivity contribution >= 4 is 0 Å². The highest BCUT2D eigenvalue weighted by molar-refractivity contribution is 5.45. The first-order chi connectivity index (χ1) is 13.8. The lowest BCUT2D eigenvalue weighted by atomic mass is 9.87. The van der Waals surface area contributed by atoms with Crippen molar-refractivity contribution in [2.75, 3.05) is 6.79 Å². The summed E-state index contributed by atoms with van der Waals surface area (Å²) in [6.07, 6.45) is -0.632. The molecule has 5 rings (SSSR count). The Labute approximate surface area is 164 Å². The molecular formula is C24H22O4. The average Bonchev–Trinajstić information content (AvgIpc) is 3.23. The Hall–Kier alpha value is -2.82. The van der Waals surface area contributed by atoms with Gasteiger partial charge >= 0.3 is 0 Å².